The van der Waals surface area contributed by atoms with E-state index in [2.05, 4.69) is 21.0 Å². The third kappa shape index (κ3) is 22.7. The van der Waals surface area contributed by atoms with Crippen molar-refractivity contribution in [1.82, 2.24) is 0 Å². The molecule has 0 fully saturated rings. The van der Waals surface area contributed by atoms with Crippen LogP contribution in [-0.2, 0) is 0 Å². The lowest BCUT2D eigenvalue weighted by molar-refractivity contribution is -0.893. The zero-order chi connectivity index (χ0) is 19.7. The summed E-state index contributed by atoms with van der Waals surface area (Å²) in [6, 6.07) is 0. The van der Waals surface area contributed by atoms with Crippen molar-refractivity contribution in [2.45, 2.75) is 122 Å². The van der Waals surface area contributed by atoms with Crippen molar-refractivity contribution in [3.8, 4) is 0 Å². The summed E-state index contributed by atoms with van der Waals surface area (Å²) in [5.41, 5.74) is 0. The average Bonchev–Trinajstić information content (AvgIpc) is 2.56. The van der Waals surface area contributed by atoms with Crippen molar-refractivity contribution in [2.24, 2.45) is 0 Å². The number of hydrogen-bond acceptors (Lipinski definition) is 1. The lowest BCUT2D eigenvalue weighted by Crippen LogP contribution is -3.00. The number of hydrogen-bond donors (Lipinski definition) is 1. The summed E-state index contributed by atoms with van der Waals surface area (Å²) in [6.07, 6.45) is 20.2. The van der Waals surface area contributed by atoms with Crippen LogP contribution < -0.4 is 12.4 Å². The molecule has 0 radical (unpaired) electrons. The number of alkyl halides is 1. The average molecular weight is 427 g/mol. The Morgan fingerprint density at radius 1 is 0.741 bits per heavy atom. The molecular formula is C23H49Cl2NO. The molecule has 2 atom stereocenters. The largest absolute Gasteiger partial charge is 1.00 e. The molecule has 0 saturated carbocycles. The Morgan fingerprint density at radius 3 is 1.56 bits per heavy atom. The number of rotatable bonds is 19. The smallest absolute Gasteiger partial charge is 0.104 e. The first-order chi connectivity index (χ1) is 12.4. The number of quaternary nitrogens is 1. The second-order valence-corrected chi connectivity index (χ2v) is 9.73. The van der Waals surface area contributed by atoms with Gasteiger partial charge in [-0.1, -0.05) is 90.4 Å². The summed E-state index contributed by atoms with van der Waals surface area (Å²) in [4.78, 5) is 0. The third-order valence-corrected chi connectivity index (χ3v) is 5.86. The molecule has 0 aliphatic rings. The zero-order valence-corrected chi connectivity index (χ0v) is 20.3. The lowest BCUT2D eigenvalue weighted by Gasteiger charge is -2.31. The first-order valence-corrected chi connectivity index (χ1v) is 11.9. The normalized spacial score (nSPS) is 14.0. The van der Waals surface area contributed by atoms with Gasteiger partial charge in [0.1, 0.15) is 12.6 Å². The maximum Gasteiger partial charge on any atom is 0.104 e. The van der Waals surface area contributed by atoms with E-state index in [1.165, 1.54) is 83.5 Å². The minimum absolute atomic E-state index is 0. The van der Waals surface area contributed by atoms with E-state index in [1.54, 1.807) is 0 Å². The fraction of sp³-hybridized carbons (Fsp3) is 1.00. The van der Waals surface area contributed by atoms with Crippen LogP contribution in [0.5, 0.6) is 0 Å². The Labute approximate surface area is 182 Å². The van der Waals surface area contributed by atoms with Crippen LogP contribution in [-0.4, -0.2) is 48.3 Å². The van der Waals surface area contributed by atoms with E-state index in [9.17, 15) is 5.11 Å². The first-order valence-electron chi connectivity index (χ1n) is 11.5. The molecule has 0 rings (SSSR count). The monoisotopic (exact) mass is 425 g/mol. The highest BCUT2D eigenvalue weighted by Gasteiger charge is 2.19. The molecule has 0 saturated heterocycles. The van der Waals surface area contributed by atoms with Gasteiger partial charge < -0.3 is 22.0 Å². The van der Waals surface area contributed by atoms with Crippen molar-refractivity contribution in [3.63, 3.8) is 0 Å². The molecule has 0 aromatic carbocycles. The van der Waals surface area contributed by atoms with Crippen LogP contribution in [0.2, 0.25) is 0 Å². The third-order valence-electron chi connectivity index (χ3n) is 5.43. The second-order valence-electron chi connectivity index (χ2n) is 9.11. The fourth-order valence-electron chi connectivity index (χ4n) is 3.82. The van der Waals surface area contributed by atoms with Crippen LogP contribution in [0, 0.1) is 0 Å². The molecule has 2 nitrogen and oxygen atoms in total. The van der Waals surface area contributed by atoms with Gasteiger partial charge in [0.05, 0.1) is 20.6 Å². The van der Waals surface area contributed by atoms with Crippen molar-refractivity contribution in [3.05, 3.63) is 0 Å². The highest BCUT2D eigenvalue weighted by Crippen LogP contribution is 2.17. The van der Waals surface area contributed by atoms with Crippen molar-refractivity contribution in [2.75, 3.05) is 27.2 Å². The maximum absolute atomic E-state index is 9.54. The molecule has 27 heavy (non-hydrogen) atoms. The number of halogens is 2. The van der Waals surface area contributed by atoms with Gasteiger partial charge in [0, 0.05) is 11.8 Å². The molecule has 4 heteroatoms. The lowest BCUT2D eigenvalue weighted by atomic mass is 10.0. The molecular weight excluding hydrogens is 377 g/mol. The molecule has 1 N–H and O–H groups in total. The van der Waals surface area contributed by atoms with Crippen LogP contribution in [0.25, 0.3) is 0 Å². The van der Waals surface area contributed by atoms with E-state index in [0.717, 1.165) is 30.4 Å². The summed E-state index contributed by atoms with van der Waals surface area (Å²) in [7, 11) is 4.36. The van der Waals surface area contributed by atoms with Gasteiger partial charge >= 0.3 is 0 Å². The summed E-state index contributed by atoms with van der Waals surface area (Å²) in [5, 5.41) is 9.84. The van der Waals surface area contributed by atoms with Crippen molar-refractivity contribution >= 4 is 11.6 Å². The van der Waals surface area contributed by atoms with Crippen LogP contribution >= 0.6 is 11.6 Å². The summed E-state index contributed by atoms with van der Waals surface area (Å²) >= 11 is 6.49. The number of likely N-dealkylation sites (N-methyl/N-ethyl adjacent to an activating group) is 1. The highest BCUT2D eigenvalue weighted by molar-refractivity contribution is 6.20. The molecule has 0 spiro atoms. The predicted octanol–water partition coefficient (Wildman–Crippen LogP) is 3.93. The molecule has 0 bridgehead atoms. The van der Waals surface area contributed by atoms with E-state index >= 15 is 0 Å². The molecule has 0 amide bonds. The van der Waals surface area contributed by atoms with Gasteiger partial charge in [0.25, 0.3) is 0 Å². The fourth-order valence-corrected chi connectivity index (χ4v) is 4.08. The minimum Gasteiger partial charge on any atom is -1.00 e. The first kappa shape index (κ1) is 29.7. The van der Waals surface area contributed by atoms with E-state index in [4.69, 9.17) is 11.6 Å². The Balaban J connectivity index is 0. The van der Waals surface area contributed by atoms with Gasteiger partial charge in [-0.25, -0.2) is 0 Å². The Bertz CT molecular complexity index is 298. The Morgan fingerprint density at radius 2 is 1.15 bits per heavy atom. The summed E-state index contributed by atoms with van der Waals surface area (Å²) < 4.78 is 0.861. The van der Waals surface area contributed by atoms with E-state index in [0.29, 0.717) is 5.38 Å². The molecule has 0 aromatic heterocycles. The van der Waals surface area contributed by atoms with Crippen molar-refractivity contribution in [1.29, 1.82) is 0 Å². The van der Waals surface area contributed by atoms with Gasteiger partial charge in [-0.05, 0) is 13.3 Å². The van der Waals surface area contributed by atoms with Gasteiger partial charge in [-0.3, -0.25) is 0 Å². The minimum atomic E-state index is -0.236. The SMILES string of the molecule is CCCCCCCCCCCCCCCC(Cl)CC[N+](C)(C)CC(C)O.[Cl-]. The van der Waals surface area contributed by atoms with Crippen LogP contribution in [0.4, 0.5) is 0 Å². The van der Waals surface area contributed by atoms with E-state index in [1.807, 2.05) is 6.92 Å². The van der Waals surface area contributed by atoms with Gasteiger partial charge in [-0.2, -0.15) is 0 Å². The van der Waals surface area contributed by atoms with E-state index in [-0.39, 0.29) is 18.5 Å². The van der Waals surface area contributed by atoms with Crippen molar-refractivity contribution < 1.29 is 22.0 Å². The highest BCUT2D eigenvalue weighted by atomic mass is 35.5. The topological polar surface area (TPSA) is 20.2 Å². The predicted molar refractivity (Wildman–Crippen MR) is 118 cm³/mol. The van der Waals surface area contributed by atoms with Crippen LogP contribution in [0.1, 0.15) is 110 Å². The summed E-state index contributed by atoms with van der Waals surface area (Å²) in [5.74, 6) is 0. The Hall–Kier alpha value is 0.500. The Kier molecular flexibility index (Phi) is 21.8. The maximum atomic E-state index is 9.54. The number of aliphatic hydroxyl groups excluding tert-OH is 1. The van der Waals surface area contributed by atoms with Gasteiger partial charge in [-0.15, -0.1) is 11.6 Å². The molecule has 2 unspecified atom stereocenters. The molecule has 0 aliphatic heterocycles. The summed E-state index contributed by atoms with van der Waals surface area (Å²) in [6.45, 7) is 6.01. The number of unbranched alkanes of at least 4 members (excludes halogenated alkanes) is 12. The molecule has 0 aliphatic carbocycles. The molecule has 0 heterocycles. The molecule has 0 aromatic rings. The number of aliphatic hydroxyl groups is 1. The standard InChI is InChI=1S/C23H49ClNO.ClH/c1-5-6-7-8-9-10-11-12-13-14-15-16-17-18-23(24)19-20-25(3,4)21-22(2)26;/h22-23,26H,5-21H2,1-4H3;1H/q+1;/p-1. The zero-order valence-electron chi connectivity index (χ0n) is 18.8. The van der Waals surface area contributed by atoms with E-state index < -0.39 is 0 Å². The quantitative estimate of drug-likeness (QED) is 0.189. The number of nitrogens with zero attached hydrogens (tertiary/aromatic N) is 1. The van der Waals surface area contributed by atoms with Crippen LogP contribution in [0.15, 0.2) is 0 Å². The van der Waals surface area contributed by atoms with Crippen LogP contribution in [0.3, 0.4) is 0 Å². The van der Waals surface area contributed by atoms with Gasteiger partial charge in [0.15, 0.2) is 0 Å². The van der Waals surface area contributed by atoms with Gasteiger partial charge in [0.2, 0.25) is 0 Å². The second kappa shape index (κ2) is 19.8. The molecule has 166 valence electrons.